The number of carbonyl (C=O) groups excluding carboxylic acids is 1. The Balaban J connectivity index is 1.95. The second-order valence-electron chi connectivity index (χ2n) is 4.73. The van der Waals surface area contributed by atoms with Crippen LogP contribution >= 0.6 is 0 Å². The van der Waals surface area contributed by atoms with Gasteiger partial charge in [-0.15, -0.1) is 0 Å². The van der Waals surface area contributed by atoms with Crippen LogP contribution in [0.4, 0.5) is 11.4 Å². The van der Waals surface area contributed by atoms with Gasteiger partial charge in [-0.25, -0.2) is 0 Å². The zero-order valence-electron chi connectivity index (χ0n) is 11.7. The molecule has 1 heterocycles. The van der Waals surface area contributed by atoms with Crippen molar-refractivity contribution in [3.63, 3.8) is 0 Å². The Kier molecular flexibility index (Phi) is 3.39. The van der Waals surface area contributed by atoms with Crippen LogP contribution in [0.25, 0.3) is 0 Å². The van der Waals surface area contributed by atoms with Crippen LogP contribution in [-0.4, -0.2) is 26.2 Å². The van der Waals surface area contributed by atoms with Gasteiger partial charge >= 0.3 is 0 Å². The molecule has 1 aliphatic heterocycles. The van der Waals surface area contributed by atoms with Crippen LogP contribution in [0.3, 0.4) is 0 Å². The molecule has 0 aromatic heterocycles. The SMILES string of the molecule is COc1ccc(C(=O)N2CCOc3ccccc32)cc1N. The first-order chi connectivity index (χ1) is 10.2. The fourth-order valence-electron chi connectivity index (χ4n) is 2.40. The number of para-hydroxylation sites is 2. The third-order valence-corrected chi connectivity index (χ3v) is 3.45. The van der Waals surface area contributed by atoms with Gasteiger partial charge in [0.15, 0.2) is 0 Å². The summed E-state index contributed by atoms with van der Waals surface area (Å²) in [6.45, 7) is 0.996. The number of carbonyl (C=O) groups is 1. The number of fused-ring (bicyclic) bond motifs is 1. The van der Waals surface area contributed by atoms with E-state index >= 15 is 0 Å². The molecule has 0 atom stereocenters. The fourth-order valence-corrected chi connectivity index (χ4v) is 2.40. The van der Waals surface area contributed by atoms with Crippen molar-refractivity contribution in [3.8, 4) is 11.5 Å². The van der Waals surface area contributed by atoms with E-state index in [-0.39, 0.29) is 5.91 Å². The maximum absolute atomic E-state index is 12.7. The number of rotatable bonds is 2. The summed E-state index contributed by atoms with van der Waals surface area (Å²) in [5.41, 5.74) is 7.64. The minimum atomic E-state index is -0.0971. The van der Waals surface area contributed by atoms with Crippen LogP contribution in [-0.2, 0) is 0 Å². The Labute approximate surface area is 122 Å². The van der Waals surface area contributed by atoms with E-state index in [1.807, 2.05) is 24.3 Å². The topological polar surface area (TPSA) is 64.8 Å². The number of nitrogens with zero attached hydrogens (tertiary/aromatic N) is 1. The summed E-state index contributed by atoms with van der Waals surface area (Å²) in [6, 6.07) is 12.6. The number of amides is 1. The minimum Gasteiger partial charge on any atom is -0.495 e. The van der Waals surface area contributed by atoms with Crippen molar-refractivity contribution in [2.24, 2.45) is 0 Å². The number of benzene rings is 2. The summed E-state index contributed by atoms with van der Waals surface area (Å²) in [4.78, 5) is 14.4. The molecule has 0 unspecified atom stereocenters. The minimum absolute atomic E-state index is 0.0971. The van der Waals surface area contributed by atoms with Gasteiger partial charge in [0.25, 0.3) is 5.91 Å². The predicted octanol–water partition coefficient (Wildman–Crippen LogP) is 2.32. The molecule has 21 heavy (non-hydrogen) atoms. The van der Waals surface area contributed by atoms with E-state index in [0.717, 1.165) is 11.4 Å². The lowest BCUT2D eigenvalue weighted by atomic mass is 10.1. The van der Waals surface area contributed by atoms with Gasteiger partial charge in [0.1, 0.15) is 18.1 Å². The first kappa shape index (κ1) is 13.3. The Morgan fingerprint density at radius 2 is 2.10 bits per heavy atom. The zero-order valence-corrected chi connectivity index (χ0v) is 11.7. The van der Waals surface area contributed by atoms with E-state index in [1.54, 1.807) is 30.2 Å². The summed E-state index contributed by atoms with van der Waals surface area (Å²) in [5.74, 6) is 1.19. The molecule has 2 N–H and O–H groups in total. The molecule has 2 aromatic rings. The molecule has 5 nitrogen and oxygen atoms in total. The Bertz CT molecular complexity index is 685. The highest BCUT2D eigenvalue weighted by Gasteiger charge is 2.24. The lowest BCUT2D eigenvalue weighted by Gasteiger charge is -2.29. The number of ether oxygens (including phenoxy) is 2. The molecule has 0 saturated carbocycles. The average Bonchev–Trinajstić information content (AvgIpc) is 2.53. The zero-order chi connectivity index (χ0) is 14.8. The highest BCUT2D eigenvalue weighted by atomic mass is 16.5. The number of hydrogen-bond acceptors (Lipinski definition) is 4. The third kappa shape index (κ3) is 2.38. The molecule has 1 aliphatic rings. The lowest BCUT2D eigenvalue weighted by molar-refractivity contribution is 0.0976. The number of anilines is 2. The fraction of sp³-hybridized carbons (Fsp3) is 0.188. The van der Waals surface area contributed by atoms with Crippen LogP contribution in [0.1, 0.15) is 10.4 Å². The van der Waals surface area contributed by atoms with Crippen LogP contribution in [0, 0.1) is 0 Å². The predicted molar refractivity (Wildman–Crippen MR) is 81.0 cm³/mol. The summed E-state index contributed by atoms with van der Waals surface area (Å²) >= 11 is 0. The smallest absolute Gasteiger partial charge is 0.258 e. The van der Waals surface area contributed by atoms with Crippen molar-refractivity contribution in [2.45, 2.75) is 0 Å². The standard InChI is InChI=1S/C16H16N2O3/c1-20-14-7-6-11(10-12(14)17)16(19)18-8-9-21-15-5-3-2-4-13(15)18/h2-7,10H,8-9,17H2,1H3. The average molecular weight is 284 g/mol. The third-order valence-electron chi connectivity index (χ3n) is 3.45. The second-order valence-corrected chi connectivity index (χ2v) is 4.73. The lowest BCUT2D eigenvalue weighted by Crippen LogP contribution is -2.37. The van der Waals surface area contributed by atoms with E-state index in [0.29, 0.717) is 30.2 Å². The van der Waals surface area contributed by atoms with Gasteiger partial charge in [0, 0.05) is 5.56 Å². The van der Waals surface area contributed by atoms with E-state index < -0.39 is 0 Å². The Hall–Kier alpha value is -2.69. The Morgan fingerprint density at radius 1 is 1.29 bits per heavy atom. The highest BCUT2D eigenvalue weighted by Crippen LogP contribution is 2.32. The van der Waals surface area contributed by atoms with Gasteiger partial charge < -0.3 is 20.1 Å². The van der Waals surface area contributed by atoms with Gasteiger partial charge in [-0.2, -0.15) is 0 Å². The van der Waals surface area contributed by atoms with Crippen LogP contribution in [0.15, 0.2) is 42.5 Å². The van der Waals surface area contributed by atoms with Crippen LogP contribution < -0.4 is 20.1 Å². The summed E-state index contributed by atoms with van der Waals surface area (Å²) in [5, 5.41) is 0. The number of methoxy groups -OCH3 is 1. The van der Waals surface area contributed by atoms with Gasteiger partial charge in [0.05, 0.1) is 25.0 Å². The summed E-state index contributed by atoms with van der Waals surface area (Å²) in [7, 11) is 1.55. The van der Waals surface area contributed by atoms with E-state index in [2.05, 4.69) is 0 Å². The molecule has 108 valence electrons. The highest BCUT2D eigenvalue weighted by molar-refractivity contribution is 6.07. The normalized spacial score (nSPS) is 13.3. The van der Waals surface area contributed by atoms with Crippen molar-refractivity contribution < 1.29 is 14.3 Å². The number of nitrogen functional groups attached to an aromatic ring is 1. The summed E-state index contributed by atoms with van der Waals surface area (Å²) < 4.78 is 10.7. The largest absolute Gasteiger partial charge is 0.495 e. The van der Waals surface area contributed by atoms with Gasteiger partial charge in [-0.1, -0.05) is 12.1 Å². The van der Waals surface area contributed by atoms with E-state index in [9.17, 15) is 4.79 Å². The molecular formula is C16H16N2O3. The first-order valence-corrected chi connectivity index (χ1v) is 6.68. The molecule has 0 saturated heterocycles. The number of nitrogens with two attached hydrogens (primary N) is 1. The maximum Gasteiger partial charge on any atom is 0.258 e. The van der Waals surface area contributed by atoms with Crippen molar-refractivity contribution in [1.82, 2.24) is 0 Å². The first-order valence-electron chi connectivity index (χ1n) is 6.68. The molecule has 2 aromatic carbocycles. The van der Waals surface area contributed by atoms with Gasteiger partial charge in [-0.3, -0.25) is 4.79 Å². The molecule has 5 heteroatoms. The van der Waals surface area contributed by atoms with E-state index in [1.165, 1.54) is 0 Å². The van der Waals surface area contributed by atoms with E-state index in [4.69, 9.17) is 15.2 Å². The molecule has 3 rings (SSSR count). The molecule has 0 spiro atoms. The monoisotopic (exact) mass is 284 g/mol. The summed E-state index contributed by atoms with van der Waals surface area (Å²) in [6.07, 6.45) is 0. The molecule has 0 radical (unpaired) electrons. The molecule has 1 amide bonds. The Morgan fingerprint density at radius 3 is 2.86 bits per heavy atom. The maximum atomic E-state index is 12.7. The van der Waals surface area contributed by atoms with Crippen molar-refractivity contribution in [1.29, 1.82) is 0 Å². The van der Waals surface area contributed by atoms with Crippen LogP contribution in [0.2, 0.25) is 0 Å². The second kappa shape index (κ2) is 5.36. The van der Waals surface area contributed by atoms with Crippen molar-refractivity contribution >= 4 is 17.3 Å². The molecular weight excluding hydrogens is 268 g/mol. The van der Waals surface area contributed by atoms with Gasteiger partial charge in [-0.05, 0) is 30.3 Å². The quantitative estimate of drug-likeness (QED) is 0.860. The molecule has 0 fully saturated rings. The van der Waals surface area contributed by atoms with Crippen LogP contribution in [0.5, 0.6) is 11.5 Å². The number of hydrogen-bond donors (Lipinski definition) is 1. The molecule has 0 bridgehead atoms. The van der Waals surface area contributed by atoms with Gasteiger partial charge in [0.2, 0.25) is 0 Å². The van der Waals surface area contributed by atoms with Crippen molar-refractivity contribution in [2.75, 3.05) is 30.9 Å². The molecule has 0 aliphatic carbocycles. The van der Waals surface area contributed by atoms with Crippen molar-refractivity contribution in [3.05, 3.63) is 48.0 Å².